The second-order valence-electron chi connectivity index (χ2n) is 8.08. The number of rotatable bonds is 4. The Morgan fingerprint density at radius 1 is 1.03 bits per heavy atom. The molecular weight excluding hydrogens is 378 g/mol. The molecule has 7 heteroatoms. The van der Waals surface area contributed by atoms with Gasteiger partial charge in [0.05, 0.1) is 17.9 Å². The highest BCUT2D eigenvalue weighted by Gasteiger charge is 2.44. The van der Waals surface area contributed by atoms with Crippen LogP contribution >= 0.6 is 0 Å². The molecule has 2 aliphatic rings. The summed E-state index contributed by atoms with van der Waals surface area (Å²) in [4.78, 5) is 41.2. The van der Waals surface area contributed by atoms with Crippen LogP contribution in [0.15, 0.2) is 59.8 Å². The molecule has 1 spiro atoms. The van der Waals surface area contributed by atoms with Crippen LogP contribution in [-0.4, -0.2) is 37.4 Å². The molecule has 7 nitrogen and oxygen atoms in total. The van der Waals surface area contributed by atoms with Crippen molar-refractivity contribution in [1.29, 1.82) is 0 Å². The number of carbonyl (C=O) groups excluding carboxylic acids is 1. The number of Topliss-reactive ketones (excluding diaryl/α,β-unsaturated/α-hetero) is 1. The lowest BCUT2D eigenvalue weighted by Crippen LogP contribution is -2.55. The first-order valence-corrected chi connectivity index (χ1v) is 10.4. The molecule has 3 heterocycles. The van der Waals surface area contributed by atoms with E-state index in [4.69, 9.17) is 4.98 Å². The maximum atomic E-state index is 13.1. The number of hydrogen-bond acceptors (Lipinski definition) is 6. The summed E-state index contributed by atoms with van der Waals surface area (Å²) in [6, 6.07) is 12.6. The predicted octanol–water partition coefficient (Wildman–Crippen LogP) is 3.11. The minimum absolute atomic E-state index is 0.0389. The molecule has 2 aromatic heterocycles. The monoisotopic (exact) mass is 401 g/mol. The molecule has 1 saturated carbocycles. The van der Waals surface area contributed by atoms with E-state index in [1.165, 1.54) is 12.4 Å². The zero-order valence-electron chi connectivity index (χ0n) is 16.7. The van der Waals surface area contributed by atoms with Crippen molar-refractivity contribution in [2.75, 3.05) is 11.4 Å². The first kappa shape index (κ1) is 18.7. The molecule has 30 heavy (non-hydrogen) atoms. The molecule has 152 valence electrons. The van der Waals surface area contributed by atoms with Gasteiger partial charge in [0, 0.05) is 29.9 Å². The standard InChI is InChI=1S/C23H23N5O2/c29-20(17-6-2-1-3-7-17)15-28-22-26-19(18-8-12-24-16-25-18)14-21(30)27(22)13-11-23(28)9-4-5-10-23/h1-3,6-8,12,14,16H,4-5,9-11,13,15H2. The molecule has 0 unspecified atom stereocenters. The number of anilines is 1. The van der Waals surface area contributed by atoms with E-state index < -0.39 is 0 Å². The van der Waals surface area contributed by atoms with Crippen LogP contribution in [0.25, 0.3) is 11.4 Å². The average Bonchev–Trinajstić information content (AvgIpc) is 3.26. The van der Waals surface area contributed by atoms with E-state index in [9.17, 15) is 9.59 Å². The van der Waals surface area contributed by atoms with Crippen LogP contribution in [0.3, 0.4) is 0 Å². The molecule has 1 fully saturated rings. The fourth-order valence-corrected chi connectivity index (χ4v) is 4.80. The summed E-state index contributed by atoms with van der Waals surface area (Å²) in [6.45, 7) is 0.838. The largest absolute Gasteiger partial charge is 0.329 e. The highest BCUT2D eigenvalue weighted by atomic mass is 16.1. The fraction of sp³-hybridized carbons (Fsp3) is 0.348. The van der Waals surface area contributed by atoms with Crippen LogP contribution in [0.4, 0.5) is 5.95 Å². The Morgan fingerprint density at radius 3 is 2.57 bits per heavy atom. The topological polar surface area (TPSA) is 81.0 Å². The Hall–Kier alpha value is -3.35. The van der Waals surface area contributed by atoms with Gasteiger partial charge in [-0.15, -0.1) is 0 Å². The van der Waals surface area contributed by atoms with Gasteiger partial charge >= 0.3 is 0 Å². The number of hydrogen-bond donors (Lipinski definition) is 0. The number of ketones is 1. The molecule has 3 aromatic rings. The van der Waals surface area contributed by atoms with E-state index in [0.29, 0.717) is 29.4 Å². The third kappa shape index (κ3) is 3.20. The maximum absolute atomic E-state index is 13.1. The molecule has 0 radical (unpaired) electrons. The molecule has 0 bridgehead atoms. The predicted molar refractivity (Wildman–Crippen MR) is 113 cm³/mol. The summed E-state index contributed by atoms with van der Waals surface area (Å²) in [6.07, 6.45) is 8.24. The fourth-order valence-electron chi connectivity index (χ4n) is 4.80. The van der Waals surface area contributed by atoms with Crippen LogP contribution in [0.1, 0.15) is 42.5 Å². The van der Waals surface area contributed by atoms with Crippen LogP contribution in [-0.2, 0) is 6.54 Å². The Labute approximate surface area is 174 Å². The minimum Gasteiger partial charge on any atom is -0.329 e. The summed E-state index contributed by atoms with van der Waals surface area (Å²) < 4.78 is 1.70. The van der Waals surface area contributed by atoms with Gasteiger partial charge in [-0.1, -0.05) is 43.2 Å². The molecule has 5 rings (SSSR count). The Balaban J connectivity index is 1.61. The minimum atomic E-state index is -0.117. The summed E-state index contributed by atoms with van der Waals surface area (Å²) in [5.74, 6) is 0.616. The van der Waals surface area contributed by atoms with Gasteiger partial charge in [-0.2, -0.15) is 0 Å². The second kappa shape index (κ2) is 7.48. The molecule has 0 N–H and O–H groups in total. The lowest BCUT2D eigenvalue weighted by atomic mass is 9.88. The first-order valence-electron chi connectivity index (χ1n) is 10.4. The molecule has 0 saturated heterocycles. The van der Waals surface area contributed by atoms with E-state index in [0.717, 1.165) is 32.1 Å². The van der Waals surface area contributed by atoms with Crippen LogP contribution in [0.2, 0.25) is 0 Å². The summed E-state index contributed by atoms with van der Waals surface area (Å²) in [7, 11) is 0. The van der Waals surface area contributed by atoms with E-state index in [1.54, 1.807) is 16.8 Å². The highest BCUT2D eigenvalue weighted by Crippen LogP contribution is 2.43. The number of nitrogens with zero attached hydrogens (tertiary/aromatic N) is 5. The first-order chi connectivity index (χ1) is 14.7. The number of benzene rings is 1. The van der Waals surface area contributed by atoms with E-state index in [2.05, 4.69) is 14.9 Å². The maximum Gasteiger partial charge on any atom is 0.255 e. The smallest absolute Gasteiger partial charge is 0.255 e. The van der Waals surface area contributed by atoms with Crippen molar-refractivity contribution < 1.29 is 4.79 Å². The van der Waals surface area contributed by atoms with Crippen molar-refractivity contribution in [3.8, 4) is 11.4 Å². The number of carbonyl (C=O) groups is 1. The van der Waals surface area contributed by atoms with E-state index in [1.807, 2.05) is 30.3 Å². The molecule has 0 amide bonds. The molecular formula is C23H23N5O2. The lowest BCUT2D eigenvalue weighted by molar-refractivity contribution is 0.0986. The van der Waals surface area contributed by atoms with E-state index >= 15 is 0 Å². The van der Waals surface area contributed by atoms with Gasteiger partial charge in [0.1, 0.15) is 6.33 Å². The SMILES string of the molecule is O=C(CN1c2nc(-c3ccncn3)cc(=O)n2CCC12CCCC2)c1ccccc1. The number of fused-ring (bicyclic) bond motifs is 1. The number of aromatic nitrogens is 4. The second-order valence-corrected chi connectivity index (χ2v) is 8.08. The molecule has 1 aliphatic heterocycles. The molecule has 0 atom stereocenters. The van der Waals surface area contributed by atoms with Crippen LogP contribution in [0.5, 0.6) is 0 Å². The summed E-state index contributed by atoms with van der Waals surface area (Å²) >= 11 is 0. The van der Waals surface area contributed by atoms with Crippen molar-refractivity contribution in [1.82, 2.24) is 19.5 Å². The van der Waals surface area contributed by atoms with Crippen molar-refractivity contribution in [2.45, 2.75) is 44.2 Å². The van der Waals surface area contributed by atoms with Gasteiger partial charge in [0.2, 0.25) is 5.95 Å². The molecule has 1 aromatic carbocycles. The highest BCUT2D eigenvalue weighted by molar-refractivity contribution is 5.99. The van der Waals surface area contributed by atoms with Crippen LogP contribution < -0.4 is 10.5 Å². The average molecular weight is 401 g/mol. The third-order valence-electron chi connectivity index (χ3n) is 6.38. The zero-order valence-corrected chi connectivity index (χ0v) is 16.7. The summed E-state index contributed by atoms with van der Waals surface area (Å²) in [5.41, 5.74) is 1.57. The van der Waals surface area contributed by atoms with E-state index in [-0.39, 0.29) is 23.4 Å². The van der Waals surface area contributed by atoms with Gasteiger partial charge in [-0.3, -0.25) is 14.2 Å². The Kier molecular flexibility index (Phi) is 4.65. The van der Waals surface area contributed by atoms with Crippen molar-refractivity contribution >= 4 is 11.7 Å². The normalized spacial score (nSPS) is 17.1. The zero-order chi connectivity index (χ0) is 20.6. The molecule has 1 aliphatic carbocycles. The summed E-state index contributed by atoms with van der Waals surface area (Å²) in [5, 5.41) is 0. The van der Waals surface area contributed by atoms with Gasteiger partial charge in [0.15, 0.2) is 5.78 Å². The Bertz CT molecular complexity index is 1120. The van der Waals surface area contributed by atoms with Gasteiger partial charge in [-0.25, -0.2) is 15.0 Å². The Morgan fingerprint density at radius 2 is 1.83 bits per heavy atom. The van der Waals surface area contributed by atoms with Crippen molar-refractivity contribution in [2.24, 2.45) is 0 Å². The van der Waals surface area contributed by atoms with Gasteiger partial charge in [-0.05, 0) is 25.3 Å². The quantitative estimate of drug-likeness (QED) is 0.625. The van der Waals surface area contributed by atoms with Crippen molar-refractivity contribution in [3.05, 3.63) is 70.9 Å². The lowest BCUT2D eigenvalue weighted by Gasteiger charge is -2.46. The van der Waals surface area contributed by atoms with Crippen molar-refractivity contribution in [3.63, 3.8) is 0 Å². The van der Waals surface area contributed by atoms with Crippen LogP contribution in [0, 0.1) is 0 Å². The van der Waals surface area contributed by atoms with Gasteiger partial charge in [0.25, 0.3) is 5.56 Å². The third-order valence-corrected chi connectivity index (χ3v) is 6.38. The van der Waals surface area contributed by atoms with Gasteiger partial charge < -0.3 is 4.90 Å².